The Morgan fingerprint density at radius 2 is 1.77 bits per heavy atom. The molecule has 7 nitrogen and oxygen atoms in total. The summed E-state index contributed by atoms with van der Waals surface area (Å²) in [6.45, 7) is 6.38. The van der Waals surface area contributed by atoms with Crippen molar-refractivity contribution < 1.29 is 27.2 Å². The summed E-state index contributed by atoms with van der Waals surface area (Å²) in [4.78, 5) is 11.1. The summed E-state index contributed by atoms with van der Waals surface area (Å²) in [5.41, 5.74) is 2.68. The zero-order valence-corrected chi connectivity index (χ0v) is 18.5. The number of rotatable bonds is 9. The maximum absolute atomic E-state index is 11.3. The monoisotopic (exact) mass is 435 g/mol. The van der Waals surface area contributed by atoms with E-state index in [4.69, 9.17) is 14.0 Å². The van der Waals surface area contributed by atoms with Crippen molar-refractivity contribution in [2.24, 2.45) is 0 Å². The molecule has 0 aliphatic rings. The third-order valence-electron chi connectivity index (χ3n) is 4.38. The van der Waals surface area contributed by atoms with E-state index in [2.05, 4.69) is 26.1 Å². The highest BCUT2D eigenvalue weighted by Crippen LogP contribution is 2.33. The number of benzene rings is 2. The summed E-state index contributed by atoms with van der Waals surface area (Å²) >= 11 is 0. The van der Waals surface area contributed by atoms with Gasteiger partial charge in [-0.05, 0) is 34.6 Å². The highest BCUT2D eigenvalue weighted by Gasteiger charge is 2.22. The average molecular weight is 436 g/mol. The largest absolute Gasteiger partial charge is 0.489 e. The number of hydrogen-bond acceptors (Lipinski definition) is 5. The first-order valence-corrected chi connectivity index (χ1v) is 11.4. The van der Waals surface area contributed by atoms with E-state index < -0.39 is 22.3 Å². The summed E-state index contributed by atoms with van der Waals surface area (Å²) in [5.74, 6) is 0.755. The molecular weight excluding hydrogens is 406 g/mol. The predicted octanol–water partition coefficient (Wildman–Crippen LogP) is 3.72. The number of nitrogens with one attached hydrogen (secondary N) is 1. The zero-order chi connectivity index (χ0) is 22.4. The molecule has 0 aliphatic heterocycles. The van der Waals surface area contributed by atoms with Crippen molar-refractivity contribution in [1.29, 1.82) is 0 Å². The lowest BCUT2D eigenvalue weighted by Gasteiger charge is -2.25. The molecule has 0 aliphatic carbocycles. The fourth-order valence-corrected chi connectivity index (χ4v) is 3.38. The van der Waals surface area contributed by atoms with Crippen LogP contribution < -0.4 is 10.1 Å². The topological polar surface area (TPSA) is 102 Å². The minimum atomic E-state index is -3.67. The van der Waals surface area contributed by atoms with Gasteiger partial charge in [0.2, 0.25) is 0 Å². The van der Waals surface area contributed by atoms with E-state index in [9.17, 15) is 13.2 Å². The van der Waals surface area contributed by atoms with E-state index in [1.807, 2.05) is 48.5 Å². The molecule has 30 heavy (non-hydrogen) atoms. The van der Waals surface area contributed by atoms with Gasteiger partial charge in [-0.15, -0.1) is 0 Å². The highest BCUT2D eigenvalue weighted by molar-refractivity contribution is 7.85. The molecule has 0 radical (unpaired) electrons. The molecule has 1 amide bonds. The van der Waals surface area contributed by atoms with Gasteiger partial charge < -0.3 is 15.2 Å². The van der Waals surface area contributed by atoms with E-state index in [0.29, 0.717) is 6.61 Å². The third-order valence-corrected chi connectivity index (χ3v) is 4.95. The highest BCUT2D eigenvalue weighted by atomic mass is 32.2. The first-order chi connectivity index (χ1) is 13.9. The molecule has 0 saturated heterocycles. The van der Waals surface area contributed by atoms with E-state index in [0.717, 1.165) is 28.7 Å². The summed E-state index contributed by atoms with van der Waals surface area (Å²) < 4.78 is 33.4. The molecular formula is C22H29NO6S. The van der Waals surface area contributed by atoms with Crippen LogP contribution in [0.4, 0.5) is 4.79 Å². The Hall–Kier alpha value is -2.58. The Balaban J connectivity index is 2.21. The lowest BCUT2D eigenvalue weighted by atomic mass is 9.84. The summed E-state index contributed by atoms with van der Waals surface area (Å²) in [7, 11) is -3.67. The van der Waals surface area contributed by atoms with E-state index in [-0.39, 0.29) is 18.4 Å². The predicted molar refractivity (Wildman–Crippen MR) is 115 cm³/mol. The van der Waals surface area contributed by atoms with Crippen molar-refractivity contribution in [3.63, 3.8) is 0 Å². The molecule has 0 aromatic heterocycles. The molecule has 0 saturated carbocycles. The number of ether oxygens (including phenoxy) is 1. The van der Waals surface area contributed by atoms with E-state index in [1.54, 1.807) is 0 Å². The van der Waals surface area contributed by atoms with Gasteiger partial charge in [-0.25, -0.2) is 4.79 Å². The van der Waals surface area contributed by atoms with Crippen LogP contribution in [-0.2, 0) is 32.7 Å². The Labute approximate surface area is 178 Å². The van der Waals surface area contributed by atoms with Gasteiger partial charge in [0, 0.05) is 0 Å². The number of hydrogen-bond donors (Lipinski definition) is 2. The van der Waals surface area contributed by atoms with Crippen LogP contribution >= 0.6 is 0 Å². The van der Waals surface area contributed by atoms with Crippen molar-refractivity contribution in [3.8, 4) is 5.75 Å². The molecule has 0 spiro atoms. The number of carboxylic acid groups (broad SMARTS) is 1. The smallest absolute Gasteiger partial charge is 0.404 e. The van der Waals surface area contributed by atoms with Gasteiger partial charge in [-0.2, -0.15) is 8.42 Å². The maximum atomic E-state index is 11.3. The number of amides is 1. The van der Waals surface area contributed by atoms with Gasteiger partial charge in [0.1, 0.15) is 12.4 Å². The van der Waals surface area contributed by atoms with Crippen LogP contribution in [0.15, 0.2) is 48.5 Å². The van der Waals surface area contributed by atoms with Gasteiger partial charge >= 0.3 is 6.09 Å². The molecule has 2 aromatic carbocycles. The van der Waals surface area contributed by atoms with Gasteiger partial charge in [0.25, 0.3) is 10.1 Å². The van der Waals surface area contributed by atoms with Gasteiger partial charge in [-0.3, -0.25) is 4.18 Å². The van der Waals surface area contributed by atoms with Crippen LogP contribution in [0.2, 0.25) is 0 Å². The van der Waals surface area contributed by atoms with E-state index in [1.165, 1.54) is 0 Å². The van der Waals surface area contributed by atoms with Crippen LogP contribution in [0.1, 0.15) is 37.5 Å². The van der Waals surface area contributed by atoms with Crippen molar-refractivity contribution in [2.45, 2.75) is 45.3 Å². The maximum Gasteiger partial charge on any atom is 0.404 e. The van der Waals surface area contributed by atoms with Crippen LogP contribution in [-0.4, -0.2) is 38.5 Å². The fraction of sp³-hybridized carbons (Fsp3) is 0.409. The number of carbonyl (C=O) groups is 1. The lowest BCUT2D eigenvalue weighted by Crippen LogP contribution is -2.39. The van der Waals surface area contributed by atoms with Gasteiger partial charge in [0.05, 0.1) is 18.9 Å². The second kappa shape index (κ2) is 9.95. The molecule has 2 N–H and O–H groups in total. The standard InChI is InChI=1S/C22H29NO6S/c1-22(2,3)19-13-17(12-18(23-21(24)25)15-29-30(4,26)27)10-11-20(19)28-14-16-8-6-5-7-9-16/h5-11,13,18,23H,12,14-15H2,1-4H3,(H,24,25). The van der Waals surface area contributed by atoms with Crippen molar-refractivity contribution >= 4 is 16.2 Å². The van der Waals surface area contributed by atoms with Crippen molar-refractivity contribution in [1.82, 2.24) is 5.32 Å². The second-order valence-corrected chi connectivity index (χ2v) is 9.84. The summed E-state index contributed by atoms with van der Waals surface area (Å²) in [6.07, 6.45) is -0.0263. The van der Waals surface area contributed by atoms with Gasteiger partial charge in [-0.1, -0.05) is 63.2 Å². The molecule has 2 aromatic rings. The first kappa shape index (κ1) is 23.7. The zero-order valence-electron chi connectivity index (χ0n) is 17.7. The first-order valence-electron chi connectivity index (χ1n) is 9.58. The van der Waals surface area contributed by atoms with Crippen LogP contribution in [0.25, 0.3) is 0 Å². The fourth-order valence-electron chi connectivity index (χ4n) is 2.97. The quantitative estimate of drug-likeness (QED) is 0.582. The van der Waals surface area contributed by atoms with Crippen molar-refractivity contribution in [3.05, 3.63) is 65.2 Å². The Morgan fingerprint density at radius 3 is 2.33 bits per heavy atom. The van der Waals surface area contributed by atoms with Gasteiger partial charge in [0.15, 0.2) is 0 Å². The van der Waals surface area contributed by atoms with Crippen LogP contribution in [0.3, 0.4) is 0 Å². The Morgan fingerprint density at radius 1 is 1.10 bits per heavy atom. The Kier molecular flexibility index (Phi) is 7.86. The SMILES string of the molecule is CC(C)(C)c1cc(CC(COS(C)(=O)=O)NC(=O)O)ccc1OCc1ccccc1. The molecule has 1 atom stereocenters. The van der Waals surface area contributed by atoms with Crippen LogP contribution in [0, 0.1) is 0 Å². The second-order valence-electron chi connectivity index (χ2n) is 8.19. The normalized spacial score (nSPS) is 12.9. The lowest BCUT2D eigenvalue weighted by molar-refractivity contribution is 0.181. The minimum Gasteiger partial charge on any atom is -0.489 e. The summed E-state index contributed by atoms with van der Waals surface area (Å²) in [6, 6.07) is 14.8. The van der Waals surface area contributed by atoms with Crippen molar-refractivity contribution in [2.75, 3.05) is 12.9 Å². The van der Waals surface area contributed by atoms with E-state index >= 15 is 0 Å². The summed E-state index contributed by atoms with van der Waals surface area (Å²) in [5, 5.41) is 11.4. The molecule has 0 fully saturated rings. The Bertz CT molecular complexity index is 951. The van der Waals surface area contributed by atoms with Crippen LogP contribution in [0.5, 0.6) is 5.75 Å². The average Bonchev–Trinajstić information content (AvgIpc) is 2.64. The molecule has 0 bridgehead atoms. The molecule has 2 rings (SSSR count). The molecule has 164 valence electrons. The third kappa shape index (κ3) is 8.04. The minimum absolute atomic E-state index is 0.207. The molecule has 1 unspecified atom stereocenters. The molecule has 8 heteroatoms. The molecule has 0 heterocycles.